The first kappa shape index (κ1) is 24.4. The number of fused-ring (bicyclic) bond motifs is 1. The molecular formula is C25H31N5O5. The molecular weight excluding hydrogens is 450 g/mol. The van der Waals surface area contributed by atoms with Crippen LogP contribution >= 0.6 is 0 Å². The zero-order valence-corrected chi connectivity index (χ0v) is 19.9. The van der Waals surface area contributed by atoms with Gasteiger partial charge in [0.25, 0.3) is 0 Å². The topological polar surface area (TPSA) is 128 Å². The van der Waals surface area contributed by atoms with E-state index in [4.69, 9.17) is 5.11 Å². The van der Waals surface area contributed by atoms with Gasteiger partial charge in [0, 0.05) is 31.8 Å². The number of aryl methyl sites for hydroxylation is 3. The highest BCUT2D eigenvalue weighted by atomic mass is 16.4. The molecule has 2 amide bonds. The zero-order valence-electron chi connectivity index (χ0n) is 19.9. The van der Waals surface area contributed by atoms with Crippen molar-refractivity contribution in [3.63, 3.8) is 0 Å². The second-order valence-corrected chi connectivity index (χ2v) is 9.20. The molecule has 0 bridgehead atoms. The molecule has 0 aliphatic carbocycles. The number of carbonyl (C=O) groups excluding carboxylic acids is 2. The Bertz CT molecular complexity index is 1300. The van der Waals surface area contributed by atoms with Crippen LogP contribution in [0.15, 0.2) is 35.4 Å². The quantitative estimate of drug-likeness (QED) is 0.320. The van der Waals surface area contributed by atoms with Gasteiger partial charge in [0.2, 0.25) is 11.8 Å². The van der Waals surface area contributed by atoms with Gasteiger partial charge in [0.05, 0.1) is 23.7 Å². The molecule has 186 valence electrons. The lowest BCUT2D eigenvalue weighted by molar-refractivity contribution is -0.137. The Kier molecular flexibility index (Phi) is 7.48. The van der Waals surface area contributed by atoms with E-state index in [0.717, 1.165) is 61.7 Å². The van der Waals surface area contributed by atoms with E-state index in [1.807, 2.05) is 18.2 Å². The maximum absolute atomic E-state index is 12.9. The number of rotatable bonds is 11. The first-order valence-electron chi connectivity index (χ1n) is 12.1. The number of benzene rings is 1. The Hall–Kier alpha value is -3.69. The number of unbranched alkanes of at least 4 members (excludes halogenated alkanes) is 4. The zero-order chi connectivity index (χ0) is 24.9. The molecule has 35 heavy (non-hydrogen) atoms. The van der Waals surface area contributed by atoms with E-state index in [2.05, 4.69) is 10.4 Å². The van der Waals surface area contributed by atoms with E-state index in [0.29, 0.717) is 11.9 Å². The number of aliphatic carboxylic acids is 1. The van der Waals surface area contributed by atoms with Crippen LogP contribution in [0.25, 0.3) is 11.0 Å². The number of amides is 2. The Morgan fingerprint density at radius 1 is 1.09 bits per heavy atom. The summed E-state index contributed by atoms with van der Waals surface area (Å²) in [5.74, 6) is -1.57. The number of carboxylic acids is 1. The molecule has 2 N–H and O–H groups in total. The average Bonchev–Trinajstić information content (AvgIpc) is 3.35. The van der Waals surface area contributed by atoms with Gasteiger partial charge in [0.15, 0.2) is 0 Å². The van der Waals surface area contributed by atoms with Gasteiger partial charge in [-0.1, -0.05) is 25.3 Å². The van der Waals surface area contributed by atoms with Crippen molar-refractivity contribution in [2.75, 3.05) is 0 Å². The monoisotopic (exact) mass is 481 g/mol. The van der Waals surface area contributed by atoms with Gasteiger partial charge in [-0.15, -0.1) is 0 Å². The van der Waals surface area contributed by atoms with Crippen molar-refractivity contribution in [2.45, 2.75) is 70.4 Å². The predicted molar refractivity (Wildman–Crippen MR) is 129 cm³/mol. The molecule has 0 spiro atoms. The van der Waals surface area contributed by atoms with Gasteiger partial charge in [-0.3, -0.25) is 33.5 Å². The Balaban J connectivity index is 1.26. The van der Waals surface area contributed by atoms with Crippen molar-refractivity contribution in [1.82, 2.24) is 24.2 Å². The lowest BCUT2D eigenvalue weighted by Gasteiger charge is -2.21. The van der Waals surface area contributed by atoms with Crippen molar-refractivity contribution >= 4 is 28.8 Å². The van der Waals surface area contributed by atoms with Crippen molar-refractivity contribution in [3.05, 3.63) is 52.2 Å². The maximum atomic E-state index is 12.9. The smallest absolute Gasteiger partial charge is 0.329 e. The fourth-order valence-corrected chi connectivity index (χ4v) is 4.72. The average molecular weight is 482 g/mol. The minimum atomic E-state index is -0.849. The Morgan fingerprint density at radius 3 is 2.63 bits per heavy atom. The number of hydrogen-bond acceptors (Lipinski definition) is 5. The number of aromatic nitrogens is 4. The molecule has 3 aromatic rings. The summed E-state index contributed by atoms with van der Waals surface area (Å²) < 4.78 is 4.88. The molecule has 4 rings (SSSR count). The summed E-state index contributed by atoms with van der Waals surface area (Å²) in [4.78, 5) is 47.4. The Morgan fingerprint density at radius 2 is 1.86 bits per heavy atom. The van der Waals surface area contributed by atoms with Crippen LogP contribution in [0.3, 0.4) is 0 Å². The van der Waals surface area contributed by atoms with Gasteiger partial charge >= 0.3 is 11.7 Å². The summed E-state index contributed by atoms with van der Waals surface area (Å²) in [6.45, 7) is 0.786. The molecule has 1 fully saturated rings. The summed E-state index contributed by atoms with van der Waals surface area (Å²) in [5, 5.41) is 15.4. The number of imidazole rings is 1. The third kappa shape index (κ3) is 5.70. The fraction of sp³-hybridized carbons (Fsp3) is 0.480. The third-order valence-electron chi connectivity index (χ3n) is 6.57. The first-order chi connectivity index (χ1) is 16.8. The molecule has 1 atom stereocenters. The van der Waals surface area contributed by atoms with Gasteiger partial charge < -0.3 is 5.11 Å². The van der Waals surface area contributed by atoms with Crippen LogP contribution < -0.4 is 11.0 Å². The van der Waals surface area contributed by atoms with Crippen molar-refractivity contribution < 1.29 is 19.5 Å². The fourth-order valence-electron chi connectivity index (χ4n) is 4.72. The predicted octanol–water partition coefficient (Wildman–Crippen LogP) is 2.33. The summed E-state index contributed by atoms with van der Waals surface area (Å²) in [5.41, 5.74) is 3.12. The van der Waals surface area contributed by atoms with Crippen LogP contribution in [-0.2, 0) is 40.8 Å². The van der Waals surface area contributed by atoms with Gasteiger partial charge in [-0.25, -0.2) is 4.79 Å². The van der Waals surface area contributed by atoms with Crippen LogP contribution in [0.5, 0.6) is 0 Å². The minimum Gasteiger partial charge on any atom is -0.481 e. The van der Waals surface area contributed by atoms with E-state index < -0.39 is 17.9 Å². The molecule has 1 saturated heterocycles. The SMILES string of the molecule is Cn1c(=O)n(C2CCC(=O)NC2=O)c2ccc(CCCCCCCn3cc(CC(=O)O)cn3)cc21. The molecule has 0 radical (unpaired) electrons. The van der Waals surface area contributed by atoms with Crippen LogP contribution in [-0.4, -0.2) is 41.8 Å². The van der Waals surface area contributed by atoms with Crippen LogP contribution in [0.4, 0.5) is 0 Å². The van der Waals surface area contributed by atoms with Crippen LogP contribution in [0, 0.1) is 0 Å². The molecule has 2 aromatic heterocycles. The van der Waals surface area contributed by atoms with Crippen molar-refractivity contribution in [3.8, 4) is 0 Å². The Labute approximate surface area is 202 Å². The maximum Gasteiger partial charge on any atom is 0.329 e. The molecule has 1 aliphatic rings. The second-order valence-electron chi connectivity index (χ2n) is 9.20. The highest BCUT2D eigenvalue weighted by molar-refractivity contribution is 6.00. The molecule has 1 unspecified atom stereocenters. The lowest BCUT2D eigenvalue weighted by Crippen LogP contribution is -2.44. The van der Waals surface area contributed by atoms with E-state index >= 15 is 0 Å². The first-order valence-corrected chi connectivity index (χ1v) is 12.1. The highest BCUT2D eigenvalue weighted by Crippen LogP contribution is 2.24. The normalized spacial score (nSPS) is 16.1. The van der Waals surface area contributed by atoms with Crippen LogP contribution in [0.1, 0.15) is 62.1 Å². The van der Waals surface area contributed by atoms with E-state index in [-0.39, 0.29) is 24.4 Å². The number of nitrogens with zero attached hydrogens (tertiary/aromatic N) is 4. The number of hydrogen-bond donors (Lipinski definition) is 2. The number of carbonyl (C=O) groups is 3. The molecule has 10 heteroatoms. The van der Waals surface area contributed by atoms with Gasteiger partial charge in [0.1, 0.15) is 6.04 Å². The summed E-state index contributed by atoms with van der Waals surface area (Å²) in [6, 6.07) is 5.26. The van der Waals surface area contributed by atoms with E-state index in [1.54, 1.807) is 28.7 Å². The van der Waals surface area contributed by atoms with Gasteiger partial charge in [-0.05, 0) is 43.4 Å². The molecule has 1 aromatic carbocycles. The van der Waals surface area contributed by atoms with Crippen LogP contribution in [0.2, 0.25) is 0 Å². The number of imide groups is 1. The number of carboxylic acid groups (broad SMARTS) is 1. The van der Waals surface area contributed by atoms with Crippen molar-refractivity contribution in [2.24, 2.45) is 7.05 Å². The highest BCUT2D eigenvalue weighted by Gasteiger charge is 2.31. The summed E-state index contributed by atoms with van der Waals surface area (Å²) in [7, 11) is 1.71. The minimum absolute atomic E-state index is 0.00159. The molecule has 1 aliphatic heterocycles. The second kappa shape index (κ2) is 10.7. The third-order valence-corrected chi connectivity index (χ3v) is 6.57. The van der Waals surface area contributed by atoms with Gasteiger partial charge in [-0.2, -0.15) is 5.10 Å². The lowest BCUT2D eigenvalue weighted by atomic mass is 10.0. The molecule has 10 nitrogen and oxygen atoms in total. The summed E-state index contributed by atoms with van der Waals surface area (Å²) in [6.07, 6.45) is 10.2. The van der Waals surface area contributed by atoms with Crippen molar-refractivity contribution in [1.29, 1.82) is 0 Å². The molecule has 3 heterocycles. The van der Waals surface area contributed by atoms with E-state index in [9.17, 15) is 19.2 Å². The number of nitrogens with one attached hydrogen (secondary N) is 1. The molecule has 0 saturated carbocycles. The largest absolute Gasteiger partial charge is 0.481 e. The van der Waals surface area contributed by atoms with E-state index in [1.165, 1.54) is 4.57 Å². The summed E-state index contributed by atoms with van der Waals surface area (Å²) >= 11 is 0. The standard InChI is InChI=1S/C25H31N5O5/c1-28-21-13-17(7-5-3-2-4-6-12-29-16-18(15-26-29)14-23(32)33)8-9-19(21)30(25(28)35)20-10-11-22(31)27-24(20)34/h8-9,13,15-16,20H,2-7,10-12,14H2,1H3,(H,32,33)(H,27,31,34). The number of piperidine rings is 1.